The summed E-state index contributed by atoms with van der Waals surface area (Å²) in [5.74, 6) is 1.62. The number of rotatable bonds is 10. The zero-order valence-corrected chi connectivity index (χ0v) is 28.5. The van der Waals surface area contributed by atoms with Gasteiger partial charge in [-0.2, -0.15) is 10.1 Å². The number of amides is 2. The Morgan fingerprint density at radius 2 is 1.73 bits per heavy atom. The van der Waals surface area contributed by atoms with Crippen molar-refractivity contribution < 1.29 is 25.2 Å². The van der Waals surface area contributed by atoms with E-state index in [-0.39, 0.29) is 64.8 Å². The van der Waals surface area contributed by atoms with Gasteiger partial charge in [0, 0.05) is 32.2 Å². The zero-order valence-electron chi connectivity index (χ0n) is 25.8. The molecule has 0 aliphatic heterocycles. The van der Waals surface area contributed by atoms with E-state index in [0.29, 0.717) is 16.5 Å². The smallest absolute Gasteiger partial charge is 0.324 e. The summed E-state index contributed by atoms with van der Waals surface area (Å²) in [6.45, 7) is 6.06. The predicted octanol–water partition coefficient (Wildman–Crippen LogP) is 8.16. The third kappa shape index (κ3) is 10.3. The van der Waals surface area contributed by atoms with Gasteiger partial charge in [-0.1, -0.05) is 74.0 Å². The molecule has 0 spiro atoms. The number of hydrogen-bond donors (Lipinski definition) is 2. The second-order valence-corrected chi connectivity index (χ2v) is 10.9. The lowest BCUT2D eigenvalue weighted by Gasteiger charge is -2.14. The van der Waals surface area contributed by atoms with Crippen molar-refractivity contribution in [3.05, 3.63) is 76.3 Å². The molecule has 0 fully saturated rings. The highest BCUT2D eigenvalue weighted by atomic mass is 127. The molecule has 0 saturated heterocycles. The number of aromatic nitrogens is 4. The van der Waals surface area contributed by atoms with E-state index in [1.165, 1.54) is 19.4 Å². The van der Waals surface area contributed by atoms with Gasteiger partial charge in [0.1, 0.15) is 34.8 Å². The molecular formula is C31H37Cl2IN6O5. The predicted molar refractivity (Wildman–Crippen MR) is 187 cm³/mol. The normalized spacial score (nSPS) is 10.9. The van der Waals surface area contributed by atoms with E-state index in [1.54, 1.807) is 23.9 Å². The van der Waals surface area contributed by atoms with Crippen LogP contribution in [0.1, 0.15) is 41.1 Å². The van der Waals surface area contributed by atoms with Gasteiger partial charge in [0.2, 0.25) is 5.88 Å². The maximum atomic E-state index is 13.1. The molecule has 0 saturated carbocycles. The van der Waals surface area contributed by atoms with Crippen LogP contribution in [-0.4, -0.2) is 57.3 Å². The number of ether oxygens (including phenoxy) is 3. The molecule has 2 amide bonds. The largest absolute Gasteiger partial charge is 0.497 e. The van der Waals surface area contributed by atoms with Crippen molar-refractivity contribution in [1.82, 2.24) is 19.7 Å². The van der Waals surface area contributed by atoms with Crippen molar-refractivity contribution in [2.45, 2.75) is 40.0 Å². The van der Waals surface area contributed by atoms with Crippen molar-refractivity contribution in [2.24, 2.45) is 0 Å². The first-order chi connectivity index (χ1) is 21.4. The molecule has 0 unspecified atom stereocenters. The molecule has 0 atom stereocenters. The Bertz CT molecular complexity index is 1620. The molecule has 45 heavy (non-hydrogen) atoms. The fourth-order valence-electron chi connectivity index (χ4n) is 3.76. The fourth-order valence-corrected chi connectivity index (χ4v) is 4.16. The van der Waals surface area contributed by atoms with Gasteiger partial charge in [-0.3, -0.25) is 10.1 Å². The maximum Gasteiger partial charge on any atom is 0.324 e. The summed E-state index contributed by atoms with van der Waals surface area (Å²) < 4.78 is 23.7. The summed E-state index contributed by atoms with van der Waals surface area (Å²) in [6, 6.07) is 13.2. The highest BCUT2D eigenvalue weighted by Crippen LogP contribution is 2.39. The minimum absolute atomic E-state index is 0. The van der Waals surface area contributed by atoms with Gasteiger partial charge in [-0.05, 0) is 41.3 Å². The van der Waals surface area contributed by atoms with Crippen molar-refractivity contribution in [3.63, 3.8) is 0 Å². The average molecular weight is 772 g/mol. The number of nitrogens with zero attached hydrogens (tertiary/aromatic N) is 4. The minimum Gasteiger partial charge on any atom is -0.497 e. The number of carbonyl (C=O) groups excluding carboxylic acids is 2. The highest BCUT2D eigenvalue weighted by Gasteiger charge is 2.22. The van der Waals surface area contributed by atoms with E-state index >= 15 is 0 Å². The monoisotopic (exact) mass is 771 g/mol. The number of anilines is 2. The first-order valence-corrected chi connectivity index (χ1v) is 15.3. The fraction of sp³-hybridized carbons (Fsp3) is 0.323. The van der Waals surface area contributed by atoms with Gasteiger partial charge in [-0.25, -0.2) is 14.5 Å². The van der Waals surface area contributed by atoms with Gasteiger partial charge >= 0.3 is 6.03 Å². The molecule has 2 aromatic heterocycles. The zero-order chi connectivity index (χ0) is 33.1. The van der Waals surface area contributed by atoms with Crippen molar-refractivity contribution in [1.29, 1.82) is 0 Å². The van der Waals surface area contributed by atoms with Crippen LogP contribution in [-0.2, 0) is 21.4 Å². The Kier molecular flexibility index (Phi) is 13.8. The molecule has 0 bridgehead atoms. The second-order valence-electron chi connectivity index (χ2n) is 10.2. The van der Waals surface area contributed by atoms with Crippen LogP contribution in [0.25, 0.3) is 5.69 Å². The lowest BCUT2D eigenvalue weighted by Crippen LogP contribution is -2.21. The van der Waals surface area contributed by atoms with Crippen LogP contribution in [0.5, 0.6) is 17.4 Å². The number of benzene rings is 2. The lowest BCUT2D eigenvalue weighted by atomic mass is 9.92. The minimum atomic E-state index is -0.557. The molecule has 2 aromatic carbocycles. The van der Waals surface area contributed by atoms with Gasteiger partial charge in [-0.15, -0.1) is 0 Å². The number of alkyl halides is 1. The number of nitrogens with one attached hydrogen (secondary N) is 2. The molecule has 14 heteroatoms. The Morgan fingerprint density at radius 3 is 2.36 bits per heavy atom. The maximum absolute atomic E-state index is 13.1. The van der Waals surface area contributed by atoms with E-state index in [0.717, 1.165) is 11.4 Å². The molecule has 4 rings (SSSR count). The number of halogens is 3. The lowest BCUT2D eigenvalue weighted by molar-refractivity contribution is -0.122. The number of methoxy groups -OCH3 is 2. The van der Waals surface area contributed by atoms with E-state index in [4.69, 9.17) is 43.9 Å². The molecule has 0 radical (unpaired) electrons. The summed E-state index contributed by atoms with van der Waals surface area (Å²) in [4.78, 5) is 33.7. The molecule has 4 aromatic rings. The Hall–Kier alpha value is -3.46. The van der Waals surface area contributed by atoms with Crippen molar-refractivity contribution >= 4 is 69.1 Å². The summed E-state index contributed by atoms with van der Waals surface area (Å²) in [5, 5.41) is 10.4. The average Bonchev–Trinajstić information content (AvgIpc) is 3.42. The summed E-state index contributed by atoms with van der Waals surface area (Å²) in [5.41, 5.74) is 1.51. The van der Waals surface area contributed by atoms with E-state index in [9.17, 15) is 9.59 Å². The standard InChI is InChI=1S/C29H30Cl2N6O5.CH3I.CH4/c1-29(2,3)22-15-24(37(36-22)17-6-8-19(41-5)9-7-17)35-28(39)33-20-10-11-21(27(31)26(20)30)42-25-12-13-32-23(34-25)14-18(38)16-40-4;1-2;/h6-13,15H,14,16H2,1-5H3,(H2,33,35,39);1H3;1H4/i;1D;. The Balaban J connectivity index is 0.00000177. The quantitative estimate of drug-likeness (QED) is 0.122. The van der Waals surface area contributed by atoms with Gasteiger partial charge in [0.05, 0.1) is 35.6 Å². The van der Waals surface area contributed by atoms with Crippen LogP contribution < -0.4 is 20.1 Å². The Morgan fingerprint density at radius 1 is 1.04 bits per heavy atom. The van der Waals surface area contributed by atoms with E-state index in [2.05, 4.69) is 20.6 Å². The molecule has 242 valence electrons. The molecule has 0 aliphatic carbocycles. The Labute approximate surface area is 288 Å². The topological polar surface area (TPSA) is 129 Å². The second kappa shape index (κ2) is 17.3. The first kappa shape index (κ1) is 36.0. The van der Waals surface area contributed by atoms with Gasteiger partial charge < -0.3 is 19.5 Å². The van der Waals surface area contributed by atoms with Gasteiger partial charge in [0.15, 0.2) is 5.78 Å². The van der Waals surface area contributed by atoms with Crippen LogP contribution in [0.15, 0.2) is 54.7 Å². The summed E-state index contributed by atoms with van der Waals surface area (Å²) >= 11 is 14.9. The van der Waals surface area contributed by atoms with Crippen molar-refractivity contribution in [3.8, 4) is 23.1 Å². The number of hydrogen-bond acceptors (Lipinski definition) is 8. The summed E-state index contributed by atoms with van der Waals surface area (Å²) in [7, 11) is 3.03. The summed E-state index contributed by atoms with van der Waals surface area (Å²) in [6.07, 6.45) is 1.46. The van der Waals surface area contributed by atoms with Crippen LogP contribution in [0.2, 0.25) is 10.0 Å². The van der Waals surface area contributed by atoms with Crippen LogP contribution in [0, 0.1) is 0 Å². The molecule has 2 heterocycles. The van der Waals surface area contributed by atoms with E-state index < -0.39 is 6.03 Å². The molecule has 11 nitrogen and oxygen atoms in total. The number of Topliss-reactive ketones (excluding diaryl/α,β-unsaturated/α-hetero) is 1. The first-order valence-electron chi connectivity index (χ1n) is 13.8. The van der Waals surface area contributed by atoms with Gasteiger partial charge in [0.25, 0.3) is 0 Å². The van der Waals surface area contributed by atoms with Crippen molar-refractivity contribution in [2.75, 3.05) is 36.4 Å². The number of carbonyl (C=O) groups is 2. The SMILES string of the molecule is C.COCC(=O)Cc1nccc(Oc2ccc(NC(=O)Nc3cc(C(C)(C)C)nn3-c3ccc(OC)cc3)c(Cl)c2Cl)n1.[2H]CI. The number of ketones is 1. The third-order valence-electron chi connectivity index (χ3n) is 5.89. The molecule has 2 N–H and O–H groups in total. The third-order valence-corrected chi connectivity index (χ3v) is 6.75. The van der Waals surface area contributed by atoms with Crippen LogP contribution in [0.4, 0.5) is 16.3 Å². The van der Waals surface area contributed by atoms with Crippen LogP contribution >= 0.6 is 45.8 Å². The van der Waals surface area contributed by atoms with E-state index in [1.807, 2.05) is 73.7 Å². The molecule has 0 aliphatic rings. The number of urea groups is 1. The van der Waals surface area contributed by atoms with Crippen LogP contribution in [0.3, 0.4) is 0 Å². The highest BCUT2D eigenvalue weighted by molar-refractivity contribution is 14.1. The molecular weight excluding hydrogens is 734 g/mol.